The minimum atomic E-state index is -0.377. The van der Waals surface area contributed by atoms with Gasteiger partial charge in [-0.1, -0.05) is 43.3 Å². The first-order valence-corrected chi connectivity index (χ1v) is 10.0. The van der Waals surface area contributed by atoms with Crippen molar-refractivity contribution in [3.05, 3.63) is 70.9 Å². The highest BCUT2D eigenvalue weighted by molar-refractivity contribution is 6.13. The van der Waals surface area contributed by atoms with Crippen LogP contribution in [-0.4, -0.2) is 29.4 Å². The fraction of sp³-hybridized carbons (Fsp3) is 0.333. The highest BCUT2D eigenvalue weighted by Crippen LogP contribution is 2.42. The first-order chi connectivity index (χ1) is 13.8. The van der Waals surface area contributed by atoms with Crippen LogP contribution in [0.15, 0.2) is 54.2 Å². The van der Waals surface area contributed by atoms with Gasteiger partial charge in [0.1, 0.15) is 5.70 Å². The SMILES string of the molecule is CC1CC(C)(C)N(C)c2ccc(/C=C3\NC(=O)N(Cc4ccccc4)C3=O)cc21. The third-order valence-electron chi connectivity index (χ3n) is 6.11. The normalized spacial score (nSPS) is 22.1. The molecule has 1 atom stereocenters. The highest BCUT2D eigenvalue weighted by Gasteiger charge is 2.35. The quantitative estimate of drug-likeness (QED) is 0.621. The lowest BCUT2D eigenvalue weighted by molar-refractivity contribution is -0.123. The van der Waals surface area contributed by atoms with Crippen LogP contribution in [0.5, 0.6) is 0 Å². The number of imide groups is 1. The maximum atomic E-state index is 12.8. The Balaban J connectivity index is 1.60. The number of fused-ring (bicyclic) bond motifs is 1. The molecule has 1 saturated heterocycles. The van der Waals surface area contributed by atoms with Crippen LogP contribution < -0.4 is 10.2 Å². The van der Waals surface area contributed by atoms with Gasteiger partial charge in [-0.3, -0.25) is 9.69 Å². The van der Waals surface area contributed by atoms with Crippen LogP contribution in [0.1, 0.15) is 49.8 Å². The zero-order valence-corrected chi connectivity index (χ0v) is 17.4. The van der Waals surface area contributed by atoms with Crippen molar-refractivity contribution in [2.45, 2.75) is 45.2 Å². The first kappa shape index (κ1) is 19.2. The maximum Gasteiger partial charge on any atom is 0.329 e. The van der Waals surface area contributed by atoms with Gasteiger partial charge < -0.3 is 10.2 Å². The largest absolute Gasteiger partial charge is 0.369 e. The van der Waals surface area contributed by atoms with Crippen LogP contribution in [0.25, 0.3) is 6.08 Å². The summed E-state index contributed by atoms with van der Waals surface area (Å²) in [6.45, 7) is 7.03. The molecule has 1 fully saturated rings. The Morgan fingerprint density at radius 2 is 1.86 bits per heavy atom. The van der Waals surface area contributed by atoms with Gasteiger partial charge in [0.05, 0.1) is 6.54 Å². The molecule has 0 radical (unpaired) electrons. The zero-order valence-electron chi connectivity index (χ0n) is 17.4. The molecule has 1 unspecified atom stereocenters. The lowest BCUT2D eigenvalue weighted by Gasteiger charge is -2.45. The fourth-order valence-corrected chi connectivity index (χ4v) is 4.33. The number of hydrogen-bond acceptors (Lipinski definition) is 3. The summed E-state index contributed by atoms with van der Waals surface area (Å²) in [4.78, 5) is 28.7. The van der Waals surface area contributed by atoms with E-state index in [0.29, 0.717) is 11.6 Å². The van der Waals surface area contributed by atoms with Crippen molar-refractivity contribution in [3.63, 3.8) is 0 Å². The van der Waals surface area contributed by atoms with Crippen molar-refractivity contribution in [2.75, 3.05) is 11.9 Å². The van der Waals surface area contributed by atoms with Gasteiger partial charge >= 0.3 is 6.03 Å². The van der Waals surface area contributed by atoms with Gasteiger partial charge in [-0.05, 0) is 61.1 Å². The maximum absolute atomic E-state index is 12.8. The Morgan fingerprint density at radius 3 is 2.59 bits per heavy atom. The molecule has 0 aliphatic carbocycles. The van der Waals surface area contributed by atoms with Crippen LogP contribution in [0.3, 0.4) is 0 Å². The molecule has 5 nitrogen and oxygen atoms in total. The van der Waals surface area contributed by atoms with Gasteiger partial charge in [0, 0.05) is 18.3 Å². The van der Waals surface area contributed by atoms with E-state index in [2.05, 4.69) is 50.2 Å². The van der Waals surface area contributed by atoms with Crippen LogP contribution in [0.2, 0.25) is 0 Å². The van der Waals surface area contributed by atoms with Gasteiger partial charge in [-0.15, -0.1) is 0 Å². The number of rotatable bonds is 3. The molecule has 0 aromatic heterocycles. The summed E-state index contributed by atoms with van der Waals surface area (Å²) >= 11 is 0. The van der Waals surface area contributed by atoms with E-state index in [0.717, 1.165) is 17.5 Å². The summed E-state index contributed by atoms with van der Waals surface area (Å²) in [5.41, 5.74) is 4.78. The van der Waals surface area contributed by atoms with Crippen LogP contribution in [0, 0.1) is 0 Å². The number of anilines is 1. The lowest BCUT2D eigenvalue weighted by Crippen LogP contribution is -2.45. The molecule has 2 aromatic carbocycles. The van der Waals surface area contributed by atoms with Crippen molar-refractivity contribution < 1.29 is 9.59 Å². The van der Waals surface area contributed by atoms with Gasteiger partial charge in [-0.2, -0.15) is 0 Å². The van der Waals surface area contributed by atoms with Crippen molar-refractivity contribution in [1.29, 1.82) is 0 Å². The molecule has 5 heteroatoms. The average Bonchev–Trinajstić information content (AvgIpc) is 2.94. The molecule has 2 heterocycles. The van der Waals surface area contributed by atoms with Crippen molar-refractivity contribution in [2.24, 2.45) is 0 Å². The van der Waals surface area contributed by atoms with Crippen molar-refractivity contribution in [1.82, 2.24) is 10.2 Å². The van der Waals surface area contributed by atoms with E-state index in [1.807, 2.05) is 36.4 Å². The number of carbonyl (C=O) groups is 2. The Morgan fingerprint density at radius 1 is 1.14 bits per heavy atom. The number of nitrogens with one attached hydrogen (secondary N) is 1. The second-order valence-corrected chi connectivity index (χ2v) is 8.66. The topological polar surface area (TPSA) is 52.7 Å². The molecule has 29 heavy (non-hydrogen) atoms. The van der Waals surface area contributed by atoms with Crippen LogP contribution in [0.4, 0.5) is 10.5 Å². The monoisotopic (exact) mass is 389 g/mol. The fourth-order valence-electron chi connectivity index (χ4n) is 4.33. The second-order valence-electron chi connectivity index (χ2n) is 8.66. The van der Waals surface area contributed by atoms with E-state index in [9.17, 15) is 9.59 Å². The lowest BCUT2D eigenvalue weighted by atomic mass is 9.80. The molecule has 0 bridgehead atoms. The second kappa shape index (κ2) is 7.07. The van der Waals surface area contributed by atoms with E-state index < -0.39 is 0 Å². The Labute approximate surface area is 172 Å². The van der Waals surface area contributed by atoms with Gasteiger partial charge in [-0.25, -0.2) is 4.79 Å². The van der Waals surface area contributed by atoms with E-state index >= 15 is 0 Å². The summed E-state index contributed by atoms with van der Waals surface area (Å²) in [5, 5.41) is 2.72. The number of benzene rings is 2. The third kappa shape index (κ3) is 3.53. The highest BCUT2D eigenvalue weighted by atomic mass is 16.2. The predicted molar refractivity (Wildman–Crippen MR) is 115 cm³/mol. The summed E-state index contributed by atoms with van der Waals surface area (Å²) in [6, 6.07) is 15.4. The Kier molecular flexibility index (Phi) is 4.69. The predicted octanol–water partition coefficient (Wildman–Crippen LogP) is 4.50. The summed E-state index contributed by atoms with van der Waals surface area (Å²) in [7, 11) is 2.13. The summed E-state index contributed by atoms with van der Waals surface area (Å²) in [6.07, 6.45) is 2.84. The molecular weight excluding hydrogens is 362 g/mol. The van der Waals surface area contributed by atoms with E-state index in [4.69, 9.17) is 0 Å². The number of carbonyl (C=O) groups excluding carboxylic acids is 2. The zero-order chi connectivity index (χ0) is 20.8. The molecule has 4 rings (SSSR count). The molecule has 1 N–H and O–H groups in total. The third-order valence-corrected chi connectivity index (χ3v) is 6.11. The number of hydrogen-bond donors (Lipinski definition) is 1. The van der Waals surface area contributed by atoms with Gasteiger partial charge in [0.15, 0.2) is 0 Å². The molecule has 2 aromatic rings. The standard InChI is InChI=1S/C24H27N3O2/c1-16-14-24(2,3)26(4)21-11-10-18(12-19(16)21)13-20-22(28)27(23(29)25-20)15-17-8-6-5-7-9-17/h5-13,16H,14-15H2,1-4H3,(H,25,29)/b20-13-. The molecular formula is C24H27N3O2. The summed E-state index contributed by atoms with van der Waals surface area (Å²) < 4.78 is 0. The molecule has 2 aliphatic heterocycles. The van der Waals surface area contributed by atoms with Crippen molar-refractivity contribution in [3.8, 4) is 0 Å². The molecule has 0 spiro atoms. The minimum absolute atomic E-state index is 0.111. The van der Waals surface area contributed by atoms with Crippen molar-refractivity contribution >= 4 is 23.7 Å². The van der Waals surface area contributed by atoms with E-state index in [1.54, 1.807) is 6.08 Å². The Hall–Kier alpha value is -3.08. The molecule has 3 amide bonds. The molecule has 150 valence electrons. The van der Waals surface area contributed by atoms with Crippen LogP contribution in [-0.2, 0) is 11.3 Å². The molecule has 2 aliphatic rings. The van der Waals surface area contributed by atoms with Gasteiger partial charge in [0.25, 0.3) is 5.91 Å². The van der Waals surface area contributed by atoms with Gasteiger partial charge in [0.2, 0.25) is 0 Å². The number of nitrogens with zero attached hydrogens (tertiary/aromatic N) is 2. The van der Waals surface area contributed by atoms with E-state index in [-0.39, 0.29) is 24.0 Å². The number of urea groups is 1. The Bertz CT molecular complexity index is 994. The minimum Gasteiger partial charge on any atom is -0.369 e. The van der Waals surface area contributed by atoms with Crippen LogP contribution >= 0.6 is 0 Å². The summed E-state index contributed by atoms with van der Waals surface area (Å²) in [5.74, 6) is 0.140. The van der Waals surface area contributed by atoms with E-state index in [1.165, 1.54) is 16.2 Å². The molecule has 0 saturated carbocycles. The smallest absolute Gasteiger partial charge is 0.329 e. The average molecular weight is 389 g/mol. The first-order valence-electron chi connectivity index (χ1n) is 10.0. The number of amides is 3.